The molecule has 144 valence electrons. The van der Waals surface area contributed by atoms with E-state index in [0.29, 0.717) is 0 Å². The summed E-state index contributed by atoms with van der Waals surface area (Å²) < 4.78 is 0. The minimum absolute atomic E-state index is 0.205. The minimum Gasteiger partial charge on any atom is -0.377 e. The molecule has 0 aliphatic rings. The number of hydrogen-bond donors (Lipinski definition) is 2. The number of hydrogen-bond acceptors (Lipinski definition) is 5. The van der Waals surface area contributed by atoms with Crippen molar-refractivity contribution in [3.05, 3.63) is 59.7 Å². The Balaban J connectivity index is 1.63. The lowest BCUT2D eigenvalue weighted by Crippen LogP contribution is -2.21. The van der Waals surface area contributed by atoms with Gasteiger partial charge in [-0.2, -0.15) is 0 Å². The molecule has 0 saturated heterocycles. The van der Waals surface area contributed by atoms with Gasteiger partial charge in [0.25, 0.3) is 0 Å². The molecule has 0 saturated carbocycles. The van der Waals surface area contributed by atoms with Crippen molar-refractivity contribution in [1.29, 1.82) is 0 Å². The van der Waals surface area contributed by atoms with Gasteiger partial charge >= 0.3 is 0 Å². The molecule has 1 aromatic carbocycles. The molecule has 0 radical (unpaired) electrons. The zero-order valence-corrected chi connectivity index (χ0v) is 17.3. The number of anilines is 2. The summed E-state index contributed by atoms with van der Waals surface area (Å²) >= 11 is 1.69. The largest absolute Gasteiger partial charge is 0.377 e. The SMILES string of the molecule is CCN(CC)c1nc(-c2c[nH]c3ncc(NC(C)c4ccccc4)cc23)cs1. The van der Waals surface area contributed by atoms with Gasteiger partial charge in [-0.05, 0) is 32.4 Å². The average Bonchev–Trinajstić information content (AvgIpc) is 3.36. The number of aromatic nitrogens is 3. The van der Waals surface area contributed by atoms with Crippen molar-refractivity contribution < 1.29 is 0 Å². The fourth-order valence-corrected chi connectivity index (χ4v) is 4.35. The predicted octanol–water partition coefficient (Wildman–Crippen LogP) is 5.71. The molecule has 5 nitrogen and oxygen atoms in total. The number of aromatic amines is 1. The van der Waals surface area contributed by atoms with Crippen LogP contribution >= 0.6 is 11.3 Å². The first kappa shape index (κ1) is 18.5. The highest BCUT2D eigenvalue weighted by Crippen LogP contribution is 2.33. The Morgan fingerprint density at radius 3 is 2.71 bits per heavy atom. The highest BCUT2D eigenvalue weighted by molar-refractivity contribution is 7.14. The van der Waals surface area contributed by atoms with E-state index in [1.165, 1.54) is 5.56 Å². The van der Waals surface area contributed by atoms with E-state index in [1.807, 2.05) is 18.5 Å². The normalized spacial score (nSPS) is 12.2. The van der Waals surface area contributed by atoms with Gasteiger partial charge in [0, 0.05) is 41.7 Å². The second-order valence-electron chi connectivity index (χ2n) is 6.79. The van der Waals surface area contributed by atoms with Gasteiger partial charge in [0.1, 0.15) is 5.65 Å². The lowest BCUT2D eigenvalue weighted by atomic mass is 10.1. The Morgan fingerprint density at radius 1 is 1.18 bits per heavy atom. The summed E-state index contributed by atoms with van der Waals surface area (Å²) in [6.07, 6.45) is 3.88. The third-order valence-electron chi connectivity index (χ3n) is 5.02. The number of rotatable bonds is 7. The minimum atomic E-state index is 0.205. The Hall–Kier alpha value is -2.86. The maximum atomic E-state index is 4.86. The molecule has 1 atom stereocenters. The van der Waals surface area contributed by atoms with Gasteiger partial charge in [-0.1, -0.05) is 30.3 Å². The molecule has 0 aliphatic heterocycles. The molecule has 1 unspecified atom stereocenters. The van der Waals surface area contributed by atoms with E-state index in [4.69, 9.17) is 4.98 Å². The second-order valence-corrected chi connectivity index (χ2v) is 7.62. The first-order chi connectivity index (χ1) is 13.7. The zero-order chi connectivity index (χ0) is 19.5. The van der Waals surface area contributed by atoms with Crippen molar-refractivity contribution in [2.45, 2.75) is 26.8 Å². The maximum Gasteiger partial charge on any atom is 0.185 e. The van der Waals surface area contributed by atoms with Gasteiger partial charge in [-0.25, -0.2) is 9.97 Å². The molecular formula is C22H25N5S. The molecule has 0 aliphatic carbocycles. The summed E-state index contributed by atoms with van der Waals surface area (Å²) in [5, 5.41) is 7.84. The van der Waals surface area contributed by atoms with Crippen LogP contribution in [0.1, 0.15) is 32.4 Å². The second kappa shape index (κ2) is 8.02. The Bertz CT molecular complexity index is 1050. The molecular weight excluding hydrogens is 366 g/mol. The molecule has 2 N–H and O–H groups in total. The molecule has 3 heterocycles. The van der Waals surface area contributed by atoms with Crippen LogP contribution in [0.25, 0.3) is 22.3 Å². The third-order valence-corrected chi connectivity index (χ3v) is 5.92. The van der Waals surface area contributed by atoms with Gasteiger partial charge < -0.3 is 15.2 Å². The smallest absolute Gasteiger partial charge is 0.185 e. The lowest BCUT2D eigenvalue weighted by Gasteiger charge is -2.16. The monoisotopic (exact) mass is 391 g/mol. The first-order valence-electron chi connectivity index (χ1n) is 9.69. The lowest BCUT2D eigenvalue weighted by molar-refractivity contribution is 0.860. The van der Waals surface area contributed by atoms with E-state index in [-0.39, 0.29) is 6.04 Å². The van der Waals surface area contributed by atoms with Crippen LogP contribution in [0.3, 0.4) is 0 Å². The molecule has 0 fully saturated rings. The van der Waals surface area contributed by atoms with Crippen LogP contribution in [-0.2, 0) is 0 Å². The van der Waals surface area contributed by atoms with Crippen LogP contribution in [0.5, 0.6) is 0 Å². The van der Waals surface area contributed by atoms with Crippen LogP contribution in [0.15, 0.2) is 54.2 Å². The third kappa shape index (κ3) is 3.60. The summed E-state index contributed by atoms with van der Waals surface area (Å²) in [5.74, 6) is 0. The number of fused-ring (bicyclic) bond motifs is 1. The van der Waals surface area contributed by atoms with Gasteiger partial charge in [0.15, 0.2) is 5.13 Å². The molecule has 6 heteroatoms. The summed E-state index contributed by atoms with van der Waals surface area (Å²) in [7, 11) is 0. The molecule has 0 spiro atoms. The number of thiazole rings is 1. The summed E-state index contributed by atoms with van der Waals surface area (Å²) in [5.41, 5.74) is 5.22. The number of benzene rings is 1. The highest BCUT2D eigenvalue weighted by atomic mass is 32.1. The van der Waals surface area contributed by atoms with Crippen LogP contribution in [0, 0.1) is 0 Å². The molecule has 3 aromatic heterocycles. The van der Waals surface area contributed by atoms with Crippen molar-refractivity contribution in [2.24, 2.45) is 0 Å². The fourth-order valence-electron chi connectivity index (χ4n) is 3.40. The standard InChI is InChI=1S/C22H25N5S/c1-4-27(5-2)22-26-20(14-28-22)19-13-24-21-18(19)11-17(12-23-21)25-15(3)16-9-7-6-8-10-16/h6-15,25H,4-5H2,1-3H3,(H,23,24). The van der Waals surface area contributed by atoms with Gasteiger partial charge in [0.2, 0.25) is 0 Å². The maximum absolute atomic E-state index is 4.86. The van der Waals surface area contributed by atoms with E-state index in [0.717, 1.165) is 46.2 Å². The molecule has 0 bridgehead atoms. The van der Waals surface area contributed by atoms with Crippen molar-refractivity contribution in [2.75, 3.05) is 23.3 Å². The number of H-pyrrole nitrogens is 1. The molecule has 0 amide bonds. The fraction of sp³-hybridized carbons (Fsp3) is 0.273. The number of nitrogens with one attached hydrogen (secondary N) is 2. The predicted molar refractivity (Wildman–Crippen MR) is 119 cm³/mol. The number of nitrogens with zero attached hydrogens (tertiary/aromatic N) is 3. The summed E-state index contributed by atoms with van der Waals surface area (Å²) in [6, 6.07) is 12.8. The van der Waals surface area contributed by atoms with Crippen molar-refractivity contribution in [3.63, 3.8) is 0 Å². The number of pyridine rings is 1. The van der Waals surface area contributed by atoms with Gasteiger partial charge in [0.05, 0.1) is 17.6 Å². The van der Waals surface area contributed by atoms with Crippen molar-refractivity contribution in [1.82, 2.24) is 15.0 Å². The van der Waals surface area contributed by atoms with Gasteiger partial charge in [-0.15, -0.1) is 11.3 Å². The molecule has 28 heavy (non-hydrogen) atoms. The van der Waals surface area contributed by atoms with E-state index < -0.39 is 0 Å². The van der Waals surface area contributed by atoms with E-state index in [9.17, 15) is 0 Å². The summed E-state index contributed by atoms with van der Waals surface area (Å²) in [4.78, 5) is 15.0. The van der Waals surface area contributed by atoms with Crippen LogP contribution in [0.4, 0.5) is 10.8 Å². The van der Waals surface area contributed by atoms with Crippen LogP contribution < -0.4 is 10.2 Å². The molecule has 4 aromatic rings. The summed E-state index contributed by atoms with van der Waals surface area (Å²) in [6.45, 7) is 8.40. The first-order valence-corrected chi connectivity index (χ1v) is 10.6. The van der Waals surface area contributed by atoms with E-state index in [1.54, 1.807) is 11.3 Å². The van der Waals surface area contributed by atoms with E-state index in [2.05, 4.69) is 76.7 Å². The van der Waals surface area contributed by atoms with Crippen molar-refractivity contribution >= 4 is 33.2 Å². The average molecular weight is 392 g/mol. The Labute approximate surface area is 169 Å². The quantitative estimate of drug-likeness (QED) is 0.424. The molecule has 4 rings (SSSR count). The van der Waals surface area contributed by atoms with Gasteiger partial charge in [-0.3, -0.25) is 0 Å². The Morgan fingerprint density at radius 2 is 1.96 bits per heavy atom. The van der Waals surface area contributed by atoms with Crippen LogP contribution in [-0.4, -0.2) is 28.0 Å². The highest BCUT2D eigenvalue weighted by Gasteiger charge is 2.14. The van der Waals surface area contributed by atoms with Crippen molar-refractivity contribution in [3.8, 4) is 11.3 Å². The zero-order valence-electron chi connectivity index (χ0n) is 16.4. The van der Waals surface area contributed by atoms with Crippen LogP contribution in [0.2, 0.25) is 0 Å². The Kier molecular flexibility index (Phi) is 5.30. The van der Waals surface area contributed by atoms with E-state index >= 15 is 0 Å². The topological polar surface area (TPSA) is 56.8 Å².